The van der Waals surface area contributed by atoms with Crippen LogP contribution in [0, 0.1) is 43.7 Å². The fraction of sp³-hybridized carbons (Fsp3) is 0.447. The van der Waals surface area contributed by atoms with Crippen molar-refractivity contribution in [2.75, 3.05) is 42.6 Å². The Balaban J connectivity index is 0.000000227. The number of piperidine rings is 2. The molecule has 0 amide bonds. The van der Waals surface area contributed by atoms with Crippen LogP contribution in [0.1, 0.15) is 57.9 Å². The molecule has 0 aliphatic carbocycles. The zero-order valence-electron chi connectivity index (χ0n) is 32.2. The van der Waals surface area contributed by atoms with Gasteiger partial charge in [-0.2, -0.15) is 18.7 Å². The van der Waals surface area contributed by atoms with Crippen LogP contribution in [0.5, 0.6) is 23.3 Å². The first-order valence-electron chi connectivity index (χ1n) is 18.8. The van der Waals surface area contributed by atoms with Crippen molar-refractivity contribution in [2.24, 2.45) is 11.8 Å². The van der Waals surface area contributed by atoms with Crippen molar-refractivity contribution < 1.29 is 51.2 Å². The normalized spacial score (nSPS) is 14.6. The number of nitro groups is 2. The van der Waals surface area contributed by atoms with Crippen LogP contribution in [0.4, 0.5) is 40.6 Å². The van der Waals surface area contributed by atoms with Crippen molar-refractivity contribution >= 4 is 29.0 Å². The number of nitrogens with zero attached hydrogens (tertiary/aromatic N) is 8. The smallest absolute Gasteiger partial charge is 0.387 e. The zero-order chi connectivity index (χ0) is 42.5. The lowest BCUT2D eigenvalue weighted by molar-refractivity contribution is -0.385. The summed E-state index contributed by atoms with van der Waals surface area (Å²) in [7, 11) is 0. The van der Waals surface area contributed by atoms with Gasteiger partial charge in [-0.05, 0) is 68.4 Å². The molecule has 0 spiro atoms. The third kappa shape index (κ3) is 11.8. The molecule has 6 rings (SSSR count). The molecule has 21 heteroatoms. The molecule has 2 aromatic carbocycles. The van der Waals surface area contributed by atoms with E-state index in [-0.39, 0.29) is 53.4 Å². The van der Waals surface area contributed by atoms with Gasteiger partial charge in [0.1, 0.15) is 30.8 Å². The van der Waals surface area contributed by atoms with E-state index in [0.29, 0.717) is 63.2 Å². The third-order valence-electron chi connectivity index (χ3n) is 9.53. The minimum atomic E-state index is -2.97. The quantitative estimate of drug-likeness (QED) is 0.0486. The molecule has 2 aromatic heterocycles. The van der Waals surface area contributed by atoms with E-state index >= 15 is 0 Å². The monoisotopic (exact) mass is 830 g/mol. The maximum Gasteiger partial charge on any atom is 0.387 e. The largest absolute Gasteiger partial charge is 0.468 e. The summed E-state index contributed by atoms with van der Waals surface area (Å²) in [5.41, 5.74) is -0.356. The summed E-state index contributed by atoms with van der Waals surface area (Å²) in [5, 5.41) is 23.4. The second-order valence-corrected chi connectivity index (χ2v) is 13.4. The summed E-state index contributed by atoms with van der Waals surface area (Å²) in [6, 6.07) is 8.52. The van der Waals surface area contributed by atoms with Gasteiger partial charge in [0.2, 0.25) is 11.6 Å². The molecule has 2 aliphatic heterocycles. The minimum absolute atomic E-state index is 0.0524. The van der Waals surface area contributed by atoms with Crippen molar-refractivity contribution in [3.8, 4) is 23.3 Å². The number of carbonyl (C=O) groups excluding carboxylic acids is 1. The summed E-state index contributed by atoms with van der Waals surface area (Å²) in [6.07, 6.45) is 7.37. The van der Waals surface area contributed by atoms with Crippen LogP contribution in [-0.4, -0.2) is 75.1 Å². The van der Waals surface area contributed by atoms with Gasteiger partial charge in [0.15, 0.2) is 11.6 Å². The molecule has 59 heavy (non-hydrogen) atoms. The van der Waals surface area contributed by atoms with Crippen LogP contribution in [0.25, 0.3) is 0 Å². The van der Waals surface area contributed by atoms with Gasteiger partial charge in [-0.3, -0.25) is 25.0 Å². The number of esters is 1. The van der Waals surface area contributed by atoms with Gasteiger partial charge in [0.25, 0.3) is 5.88 Å². The number of alkyl halides is 2. The van der Waals surface area contributed by atoms with Crippen LogP contribution in [0.2, 0.25) is 0 Å². The van der Waals surface area contributed by atoms with E-state index in [2.05, 4.69) is 31.6 Å². The SMILES string of the molecule is CCCC1CCN(c2ncnc(Oc3ccc(F)cc3F)c2[N+](=O)[O-])CC1.CCOC(=O)C1CCN(c2ncnc(OCc3cccc(OC(F)F)c3)c2[N+](=O)[O-])CC1. The minimum Gasteiger partial charge on any atom is -0.468 e. The summed E-state index contributed by atoms with van der Waals surface area (Å²) in [4.78, 5) is 53.4. The zero-order valence-corrected chi connectivity index (χ0v) is 32.2. The summed E-state index contributed by atoms with van der Waals surface area (Å²) in [6.45, 7) is 3.11. The van der Waals surface area contributed by atoms with E-state index < -0.39 is 39.5 Å². The topological polar surface area (TPSA) is 198 Å². The second kappa shape index (κ2) is 20.8. The van der Waals surface area contributed by atoms with E-state index in [9.17, 15) is 42.6 Å². The lowest BCUT2D eigenvalue weighted by Crippen LogP contribution is -2.37. The van der Waals surface area contributed by atoms with Gasteiger partial charge < -0.3 is 28.7 Å². The number of benzene rings is 2. The van der Waals surface area contributed by atoms with E-state index in [0.717, 1.165) is 50.5 Å². The Bertz CT molecular complexity index is 2070. The average molecular weight is 831 g/mol. The van der Waals surface area contributed by atoms with Crippen molar-refractivity contribution in [1.29, 1.82) is 0 Å². The highest BCUT2D eigenvalue weighted by Crippen LogP contribution is 2.39. The van der Waals surface area contributed by atoms with Gasteiger partial charge in [-0.1, -0.05) is 31.9 Å². The number of carbonyl (C=O) groups is 1. The number of ether oxygens (including phenoxy) is 4. The molecule has 4 aromatic rings. The Kier molecular flexibility index (Phi) is 15.4. The molecular weight excluding hydrogens is 788 g/mol. The maximum absolute atomic E-state index is 13.9. The highest BCUT2D eigenvalue weighted by molar-refractivity contribution is 5.73. The Hall–Kier alpha value is -6.41. The van der Waals surface area contributed by atoms with Crippen LogP contribution >= 0.6 is 0 Å². The number of hydrogen-bond donors (Lipinski definition) is 0. The predicted octanol–water partition coefficient (Wildman–Crippen LogP) is 7.82. The van der Waals surface area contributed by atoms with Crippen molar-refractivity contribution in [1.82, 2.24) is 19.9 Å². The molecule has 0 unspecified atom stereocenters. The highest BCUT2D eigenvalue weighted by atomic mass is 19.3. The van der Waals surface area contributed by atoms with Crippen LogP contribution < -0.4 is 24.0 Å². The summed E-state index contributed by atoms with van der Waals surface area (Å²) in [5.74, 6) is -2.42. The molecule has 2 saturated heterocycles. The number of rotatable bonds is 15. The molecule has 0 saturated carbocycles. The Labute approximate surface area is 335 Å². The molecule has 0 radical (unpaired) electrons. The molecular formula is C38H42F4N8O9. The Morgan fingerprint density at radius 1 is 0.847 bits per heavy atom. The number of halogens is 4. The fourth-order valence-electron chi connectivity index (χ4n) is 6.72. The molecule has 0 N–H and O–H groups in total. The van der Waals surface area contributed by atoms with Gasteiger partial charge in [0.05, 0.1) is 22.4 Å². The molecule has 0 bridgehead atoms. The van der Waals surface area contributed by atoms with E-state index in [4.69, 9.17) is 14.2 Å². The van der Waals surface area contributed by atoms with Crippen LogP contribution in [-0.2, 0) is 16.1 Å². The van der Waals surface area contributed by atoms with Crippen molar-refractivity contribution in [2.45, 2.75) is 65.6 Å². The van der Waals surface area contributed by atoms with Crippen LogP contribution in [0.15, 0.2) is 55.1 Å². The number of aromatic nitrogens is 4. The van der Waals surface area contributed by atoms with Crippen molar-refractivity contribution in [3.63, 3.8) is 0 Å². The molecule has 2 aliphatic rings. The first kappa shape index (κ1) is 43.7. The lowest BCUT2D eigenvalue weighted by atomic mass is 9.92. The first-order valence-corrected chi connectivity index (χ1v) is 18.8. The van der Waals surface area contributed by atoms with E-state index in [1.807, 2.05) is 4.90 Å². The molecule has 0 atom stereocenters. The highest BCUT2D eigenvalue weighted by Gasteiger charge is 2.34. The van der Waals surface area contributed by atoms with E-state index in [1.165, 1.54) is 18.2 Å². The van der Waals surface area contributed by atoms with Gasteiger partial charge >= 0.3 is 29.8 Å². The van der Waals surface area contributed by atoms with Gasteiger partial charge in [-0.15, -0.1) is 0 Å². The van der Waals surface area contributed by atoms with E-state index in [1.54, 1.807) is 17.9 Å². The molecule has 17 nitrogen and oxygen atoms in total. The first-order chi connectivity index (χ1) is 28.4. The maximum atomic E-state index is 13.9. The molecule has 2 fully saturated rings. The summed E-state index contributed by atoms with van der Waals surface area (Å²) >= 11 is 0. The van der Waals surface area contributed by atoms with Crippen molar-refractivity contribution in [3.05, 3.63) is 92.5 Å². The van der Waals surface area contributed by atoms with Gasteiger partial charge in [-0.25, -0.2) is 18.7 Å². The standard InChI is InChI=1S/C20H22F2N4O6.C18H20F2N4O3/c1-2-30-19(27)14-6-8-25(9-7-14)17-16(26(28)29)18(24-12-23-17)31-11-13-4-3-5-15(10-13)32-20(21)22;1-2-3-12-6-8-23(9-7-12)17-16(24(25)26)18(22-11-21-17)27-15-5-4-13(19)10-14(15)20/h3-5,10,12,14,20H,2,6-9,11H2,1H3;4-5,10-12H,2-3,6-9H2,1H3. The van der Waals surface area contributed by atoms with Crippen LogP contribution in [0.3, 0.4) is 0 Å². The average Bonchev–Trinajstić information content (AvgIpc) is 3.21. The summed E-state index contributed by atoms with van der Waals surface area (Å²) < 4.78 is 71.9. The number of hydrogen-bond acceptors (Lipinski definition) is 15. The Morgan fingerprint density at radius 3 is 2.03 bits per heavy atom. The molecule has 4 heterocycles. The fourth-order valence-corrected chi connectivity index (χ4v) is 6.72. The Morgan fingerprint density at radius 2 is 1.46 bits per heavy atom. The number of anilines is 2. The third-order valence-corrected chi connectivity index (χ3v) is 9.53. The second-order valence-electron chi connectivity index (χ2n) is 13.4. The predicted molar refractivity (Wildman–Crippen MR) is 203 cm³/mol. The lowest BCUT2D eigenvalue weighted by Gasteiger charge is -2.32. The van der Waals surface area contributed by atoms with Gasteiger partial charge in [0, 0.05) is 32.2 Å². The molecule has 316 valence electrons.